The Bertz CT molecular complexity index is 524. The number of halogens is 1. The van der Waals surface area contributed by atoms with Gasteiger partial charge in [0.25, 0.3) is 0 Å². The third kappa shape index (κ3) is 2.81. The molecule has 1 aliphatic rings. The number of rotatable bonds is 3. The summed E-state index contributed by atoms with van der Waals surface area (Å²) in [5.41, 5.74) is 0.762. The Balaban J connectivity index is 2.18. The molecule has 3 atom stereocenters. The molecule has 108 valence electrons. The molecule has 4 nitrogen and oxygen atoms in total. The zero-order valence-corrected chi connectivity index (χ0v) is 11.5. The van der Waals surface area contributed by atoms with Gasteiger partial charge in [-0.3, -0.25) is 9.59 Å². The van der Waals surface area contributed by atoms with Crippen LogP contribution in [0.1, 0.15) is 25.3 Å². The Morgan fingerprint density at radius 1 is 1.30 bits per heavy atom. The van der Waals surface area contributed by atoms with E-state index in [1.807, 2.05) is 6.92 Å². The van der Waals surface area contributed by atoms with Crippen LogP contribution in [0.15, 0.2) is 18.2 Å². The molecule has 1 aromatic rings. The van der Waals surface area contributed by atoms with Crippen LogP contribution in [0.5, 0.6) is 0 Å². The molecule has 1 saturated carbocycles. The van der Waals surface area contributed by atoms with Crippen molar-refractivity contribution in [2.75, 3.05) is 5.32 Å². The van der Waals surface area contributed by atoms with Crippen LogP contribution in [0.25, 0.3) is 0 Å². The Labute approximate surface area is 117 Å². The van der Waals surface area contributed by atoms with Crippen LogP contribution < -0.4 is 5.32 Å². The fraction of sp³-hybridized carbons (Fsp3) is 0.467. The lowest BCUT2D eigenvalue weighted by Crippen LogP contribution is -2.30. The van der Waals surface area contributed by atoms with Gasteiger partial charge in [0.2, 0.25) is 5.91 Å². The summed E-state index contributed by atoms with van der Waals surface area (Å²) in [6.45, 7) is 3.63. The molecular formula is C15H18FNO3. The minimum atomic E-state index is -0.959. The monoisotopic (exact) mass is 279 g/mol. The molecular weight excluding hydrogens is 261 g/mol. The molecule has 2 rings (SSSR count). The highest BCUT2D eigenvalue weighted by atomic mass is 19.1. The van der Waals surface area contributed by atoms with Crippen LogP contribution in [0.2, 0.25) is 0 Å². The number of carboxylic acid groups (broad SMARTS) is 1. The van der Waals surface area contributed by atoms with Crippen molar-refractivity contribution in [2.45, 2.75) is 26.7 Å². The number of aryl methyl sites for hydroxylation is 1. The average Bonchev–Trinajstić information content (AvgIpc) is 2.76. The number of para-hydroxylation sites is 1. The van der Waals surface area contributed by atoms with E-state index >= 15 is 0 Å². The molecule has 1 fully saturated rings. The fourth-order valence-corrected chi connectivity index (χ4v) is 2.86. The van der Waals surface area contributed by atoms with Crippen molar-refractivity contribution in [1.29, 1.82) is 0 Å². The first-order chi connectivity index (χ1) is 9.40. The second kappa shape index (κ2) is 5.61. The number of hydrogen-bond acceptors (Lipinski definition) is 2. The summed E-state index contributed by atoms with van der Waals surface area (Å²) < 4.78 is 13.7. The number of nitrogens with one attached hydrogen (secondary N) is 1. The quantitative estimate of drug-likeness (QED) is 0.894. The van der Waals surface area contributed by atoms with E-state index in [9.17, 15) is 19.1 Å². The SMILES string of the molecule is Cc1cccc(F)c1NC(=O)C1CC(C)CC1C(=O)O. The normalized spacial score (nSPS) is 25.4. The van der Waals surface area contributed by atoms with Crippen molar-refractivity contribution in [2.24, 2.45) is 17.8 Å². The molecule has 5 heteroatoms. The summed E-state index contributed by atoms with van der Waals surface area (Å²) in [6.07, 6.45) is 1.01. The Morgan fingerprint density at radius 2 is 1.95 bits per heavy atom. The lowest BCUT2D eigenvalue weighted by atomic mass is 9.95. The van der Waals surface area contributed by atoms with Crippen molar-refractivity contribution in [3.05, 3.63) is 29.6 Å². The van der Waals surface area contributed by atoms with Gasteiger partial charge in [-0.15, -0.1) is 0 Å². The number of amides is 1. The number of carbonyl (C=O) groups excluding carboxylic acids is 1. The minimum Gasteiger partial charge on any atom is -0.481 e. The van der Waals surface area contributed by atoms with E-state index in [1.54, 1.807) is 19.1 Å². The summed E-state index contributed by atoms with van der Waals surface area (Å²) in [4.78, 5) is 23.4. The van der Waals surface area contributed by atoms with Crippen molar-refractivity contribution in [3.63, 3.8) is 0 Å². The summed E-state index contributed by atoms with van der Waals surface area (Å²) in [7, 11) is 0. The first kappa shape index (κ1) is 14.5. The van der Waals surface area contributed by atoms with Gasteiger partial charge in [0, 0.05) is 0 Å². The topological polar surface area (TPSA) is 66.4 Å². The molecule has 0 aromatic heterocycles. The van der Waals surface area contributed by atoms with Gasteiger partial charge < -0.3 is 10.4 Å². The first-order valence-electron chi connectivity index (χ1n) is 6.69. The van der Waals surface area contributed by atoms with Gasteiger partial charge in [-0.1, -0.05) is 19.1 Å². The Kier molecular flexibility index (Phi) is 4.06. The second-order valence-corrected chi connectivity index (χ2v) is 5.55. The van der Waals surface area contributed by atoms with Crippen LogP contribution in [0.3, 0.4) is 0 Å². The van der Waals surface area contributed by atoms with E-state index in [4.69, 9.17) is 0 Å². The van der Waals surface area contributed by atoms with Gasteiger partial charge in [-0.25, -0.2) is 4.39 Å². The molecule has 0 aliphatic heterocycles. The zero-order valence-electron chi connectivity index (χ0n) is 11.5. The van der Waals surface area contributed by atoms with Crippen molar-refractivity contribution in [3.8, 4) is 0 Å². The van der Waals surface area contributed by atoms with E-state index < -0.39 is 29.5 Å². The number of benzene rings is 1. The summed E-state index contributed by atoms with van der Waals surface area (Å²) >= 11 is 0. The standard InChI is InChI=1S/C15H18FNO3/c1-8-6-10(11(7-8)15(19)20)14(18)17-13-9(2)4-3-5-12(13)16/h3-5,8,10-11H,6-7H2,1-2H3,(H,17,18)(H,19,20). The highest BCUT2D eigenvalue weighted by Gasteiger charge is 2.41. The molecule has 1 aliphatic carbocycles. The number of anilines is 1. The lowest BCUT2D eigenvalue weighted by Gasteiger charge is -2.17. The maximum Gasteiger partial charge on any atom is 0.307 e. The number of carbonyl (C=O) groups is 2. The van der Waals surface area contributed by atoms with E-state index in [0.717, 1.165) is 0 Å². The molecule has 3 unspecified atom stereocenters. The van der Waals surface area contributed by atoms with Crippen LogP contribution >= 0.6 is 0 Å². The van der Waals surface area contributed by atoms with Crippen molar-refractivity contribution < 1.29 is 19.1 Å². The molecule has 20 heavy (non-hydrogen) atoms. The van der Waals surface area contributed by atoms with Crippen molar-refractivity contribution in [1.82, 2.24) is 0 Å². The number of carboxylic acids is 1. The van der Waals surface area contributed by atoms with Gasteiger partial charge in [0.05, 0.1) is 17.5 Å². The first-order valence-corrected chi connectivity index (χ1v) is 6.69. The number of hydrogen-bond donors (Lipinski definition) is 2. The van der Waals surface area contributed by atoms with Gasteiger partial charge >= 0.3 is 5.97 Å². The van der Waals surface area contributed by atoms with Crippen LogP contribution in [-0.4, -0.2) is 17.0 Å². The molecule has 0 heterocycles. The molecule has 0 saturated heterocycles. The summed E-state index contributed by atoms with van der Waals surface area (Å²) in [5.74, 6) is -2.96. The van der Waals surface area contributed by atoms with Crippen LogP contribution in [0, 0.1) is 30.5 Å². The predicted molar refractivity (Wildman–Crippen MR) is 72.8 cm³/mol. The third-order valence-corrected chi connectivity index (χ3v) is 3.92. The van der Waals surface area contributed by atoms with Gasteiger partial charge in [0.1, 0.15) is 5.82 Å². The van der Waals surface area contributed by atoms with Gasteiger partial charge in [-0.05, 0) is 37.3 Å². The lowest BCUT2D eigenvalue weighted by molar-refractivity contribution is -0.145. The Morgan fingerprint density at radius 3 is 2.55 bits per heavy atom. The highest BCUT2D eigenvalue weighted by Crippen LogP contribution is 2.37. The maximum absolute atomic E-state index is 13.7. The van der Waals surface area contributed by atoms with Crippen molar-refractivity contribution >= 4 is 17.6 Å². The van der Waals surface area contributed by atoms with Crippen LogP contribution in [0.4, 0.5) is 10.1 Å². The predicted octanol–water partition coefficient (Wildman–Crippen LogP) is 2.82. The third-order valence-electron chi connectivity index (χ3n) is 3.92. The average molecular weight is 279 g/mol. The fourth-order valence-electron chi connectivity index (χ4n) is 2.86. The molecule has 2 N–H and O–H groups in total. The largest absolute Gasteiger partial charge is 0.481 e. The zero-order chi connectivity index (χ0) is 14.9. The van der Waals surface area contributed by atoms with Gasteiger partial charge in [-0.2, -0.15) is 0 Å². The molecule has 1 aromatic carbocycles. The molecule has 0 bridgehead atoms. The smallest absolute Gasteiger partial charge is 0.307 e. The highest BCUT2D eigenvalue weighted by molar-refractivity contribution is 5.96. The number of aliphatic carboxylic acids is 1. The van der Waals surface area contributed by atoms with Gasteiger partial charge in [0.15, 0.2) is 0 Å². The molecule has 0 radical (unpaired) electrons. The second-order valence-electron chi connectivity index (χ2n) is 5.55. The Hall–Kier alpha value is -1.91. The minimum absolute atomic E-state index is 0.140. The van der Waals surface area contributed by atoms with E-state index in [-0.39, 0.29) is 11.6 Å². The summed E-state index contributed by atoms with van der Waals surface area (Å²) in [5, 5.41) is 11.7. The van der Waals surface area contributed by atoms with E-state index in [2.05, 4.69) is 5.32 Å². The maximum atomic E-state index is 13.7. The molecule has 0 spiro atoms. The summed E-state index contributed by atoms with van der Waals surface area (Å²) in [6, 6.07) is 4.54. The van der Waals surface area contributed by atoms with Crippen LogP contribution in [-0.2, 0) is 9.59 Å². The van der Waals surface area contributed by atoms with E-state index in [0.29, 0.717) is 18.4 Å². The molecule has 1 amide bonds. The van der Waals surface area contributed by atoms with E-state index in [1.165, 1.54) is 6.07 Å².